The fourth-order valence-electron chi connectivity index (χ4n) is 4.74. The maximum Gasteiger partial charge on any atom is 0.244 e. The maximum absolute atomic E-state index is 14.1. The Morgan fingerprint density at radius 1 is 1.25 bits per heavy atom. The average Bonchev–Trinajstić information content (AvgIpc) is 3.59. The van der Waals surface area contributed by atoms with E-state index in [1.165, 1.54) is 17.4 Å². The highest BCUT2D eigenvalue weighted by Crippen LogP contribution is 2.34. The van der Waals surface area contributed by atoms with Gasteiger partial charge in [-0.25, -0.2) is 13.8 Å². The van der Waals surface area contributed by atoms with Crippen LogP contribution in [0.5, 0.6) is 0 Å². The summed E-state index contributed by atoms with van der Waals surface area (Å²) >= 11 is 1.52. The summed E-state index contributed by atoms with van der Waals surface area (Å²) in [4.78, 5) is 24.7. The molecule has 1 amide bonds. The summed E-state index contributed by atoms with van der Waals surface area (Å²) in [5, 5.41) is 21.8. The lowest BCUT2D eigenvalue weighted by Gasteiger charge is -2.31. The lowest BCUT2D eigenvalue weighted by molar-refractivity contribution is -0.133. The van der Waals surface area contributed by atoms with E-state index >= 15 is 0 Å². The van der Waals surface area contributed by atoms with E-state index in [0.29, 0.717) is 24.5 Å². The minimum atomic E-state index is -1.48. The molecule has 4 heterocycles. The van der Waals surface area contributed by atoms with Crippen LogP contribution in [0.15, 0.2) is 34.8 Å². The number of hydrogen-bond donors (Lipinski definition) is 1. The van der Waals surface area contributed by atoms with Crippen molar-refractivity contribution in [3.63, 3.8) is 0 Å². The van der Waals surface area contributed by atoms with Crippen LogP contribution in [0.2, 0.25) is 0 Å². The molecule has 2 aromatic heterocycles. The second kappa shape index (κ2) is 10.1. The Bertz CT molecular complexity index is 1280. The smallest absolute Gasteiger partial charge is 0.244 e. The molecule has 5 rings (SSSR count). The molecule has 0 aliphatic carbocycles. The lowest BCUT2D eigenvalue weighted by Crippen LogP contribution is -2.40. The number of piperidine rings is 1. The van der Waals surface area contributed by atoms with Crippen LogP contribution in [0.1, 0.15) is 58.9 Å². The number of hydrogen-bond acceptors (Lipinski definition) is 7. The number of oxime groups is 1. The van der Waals surface area contributed by atoms with Gasteiger partial charge in [-0.15, -0.1) is 11.3 Å². The Morgan fingerprint density at radius 3 is 2.64 bits per heavy atom. The zero-order valence-corrected chi connectivity index (χ0v) is 20.8. The van der Waals surface area contributed by atoms with E-state index in [2.05, 4.69) is 10.3 Å². The summed E-state index contributed by atoms with van der Waals surface area (Å²) in [7, 11) is 0. The number of aliphatic hydroxyl groups excluding tert-OH is 1. The van der Waals surface area contributed by atoms with Gasteiger partial charge < -0.3 is 14.8 Å². The third kappa shape index (κ3) is 4.90. The van der Waals surface area contributed by atoms with Crippen LogP contribution in [0.4, 0.5) is 8.78 Å². The van der Waals surface area contributed by atoms with Crippen molar-refractivity contribution in [1.82, 2.24) is 19.7 Å². The van der Waals surface area contributed by atoms with Crippen molar-refractivity contribution in [2.45, 2.75) is 57.8 Å². The van der Waals surface area contributed by atoms with Gasteiger partial charge in [0.25, 0.3) is 0 Å². The van der Waals surface area contributed by atoms with Gasteiger partial charge in [-0.1, -0.05) is 11.2 Å². The molecule has 8 nitrogen and oxygen atoms in total. The Balaban J connectivity index is 1.16. The fraction of sp³-hybridized carbons (Fsp3) is 0.440. The Kier molecular flexibility index (Phi) is 6.85. The van der Waals surface area contributed by atoms with Crippen LogP contribution in [0, 0.1) is 25.5 Å². The van der Waals surface area contributed by atoms with Crippen LogP contribution in [0.25, 0.3) is 0 Å². The molecule has 36 heavy (non-hydrogen) atoms. The molecule has 2 atom stereocenters. The van der Waals surface area contributed by atoms with Crippen LogP contribution in [-0.4, -0.2) is 55.6 Å². The van der Waals surface area contributed by atoms with E-state index in [1.807, 2.05) is 30.2 Å². The van der Waals surface area contributed by atoms with E-state index in [1.54, 1.807) is 4.68 Å². The fourth-order valence-corrected chi connectivity index (χ4v) is 5.74. The van der Waals surface area contributed by atoms with Gasteiger partial charge in [0, 0.05) is 36.5 Å². The number of likely N-dealkylation sites (tertiary alicyclic amines) is 1. The molecule has 1 aromatic carbocycles. The van der Waals surface area contributed by atoms with Crippen molar-refractivity contribution in [3.8, 4) is 0 Å². The van der Waals surface area contributed by atoms with Gasteiger partial charge in [-0.3, -0.25) is 9.48 Å². The third-order valence-electron chi connectivity index (χ3n) is 6.74. The maximum atomic E-state index is 14.1. The monoisotopic (exact) mass is 515 g/mol. The molecular weight excluding hydrogens is 488 g/mol. The van der Waals surface area contributed by atoms with Gasteiger partial charge in [0.2, 0.25) is 5.91 Å². The molecular formula is C25H27F2N5O3S. The molecule has 3 aromatic rings. The van der Waals surface area contributed by atoms with Gasteiger partial charge in [0.15, 0.2) is 6.10 Å². The zero-order chi connectivity index (χ0) is 25.4. The third-order valence-corrected chi connectivity index (χ3v) is 7.75. The molecule has 1 N–H and O–H groups in total. The SMILES string of the molecule is Cc1cc(C)n(CC(=O)N2CCC(c3nc(C4=NOC(C(O)c5c(F)cccc5F)C4)cs3)CC2)n1. The molecule has 1 saturated heterocycles. The normalized spacial score (nSPS) is 19.3. The van der Waals surface area contributed by atoms with Crippen molar-refractivity contribution in [2.75, 3.05) is 13.1 Å². The van der Waals surface area contributed by atoms with Gasteiger partial charge >= 0.3 is 0 Å². The molecule has 0 radical (unpaired) electrons. The van der Waals surface area contributed by atoms with Crippen LogP contribution < -0.4 is 0 Å². The number of aryl methyl sites for hydroxylation is 2. The molecule has 0 spiro atoms. The summed E-state index contributed by atoms with van der Waals surface area (Å²) in [5.41, 5.74) is 2.63. The van der Waals surface area contributed by atoms with Crippen molar-refractivity contribution in [2.24, 2.45) is 5.16 Å². The molecule has 0 bridgehead atoms. The van der Waals surface area contributed by atoms with Gasteiger partial charge in [0.05, 0.1) is 22.0 Å². The molecule has 2 aliphatic rings. The molecule has 11 heteroatoms. The number of aromatic nitrogens is 3. The zero-order valence-electron chi connectivity index (χ0n) is 20.0. The lowest BCUT2D eigenvalue weighted by atomic mass is 9.97. The number of rotatable bonds is 6. The van der Waals surface area contributed by atoms with E-state index in [9.17, 15) is 18.7 Å². The van der Waals surface area contributed by atoms with Gasteiger partial charge in [-0.2, -0.15) is 5.10 Å². The van der Waals surface area contributed by atoms with E-state index < -0.39 is 29.4 Å². The number of thiazole rings is 1. The topological polar surface area (TPSA) is 92.8 Å². The predicted octanol–water partition coefficient (Wildman–Crippen LogP) is 3.87. The summed E-state index contributed by atoms with van der Waals surface area (Å²) in [6.07, 6.45) is -0.564. The van der Waals surface area contributed by atoms with E-state index in [-0.39, 0.29) is 24.8 Å². The number of carbonyl (C=O) groups excluding carboxylic acids is 1. The first-order chi connectivity index (χ1) is 17.3. The largest absolute Gasteiger partial charge is 0.389 e. The number of nitrogens with zero attached hydrogens (tertiary/aromatic N) is 5. The first kappa shape index (κ1) is 24.5. The van der Waals surface area contributed by atoms with E-state index in [0.717, 1.165) is 41.4 Å². The number of benzene rings is 1. The second-order valence-electron chi connectivity index (χ2n) is 9.28. The average molecular weight is 516 g/mol. The van der Waals surface area contributed by atoms with Crippen molar-refractivity contribution in [1.29, 1.82) is 0 Å². The second-order valence-corrected chi connectivity index (χ2v) is 10.2. The number of carbonyl (C=O) groups is 1. The quantitative estimate of drug-likeness (QED) is 0.538. The predicted molar refractivity (Wildman–Crippen MR) is 130 cm³/mol. The summed E-state index contributed by atoms with van der Waals surface area (Å²) in [6, 6.07) is 5.41. The molecule has 2 aliphatic heterocycles. The number of amides is 1. The highest BCUT2D eigenvalue weighted by molar-refractivity contribution is 7.10. The van der Waals surface area contributed by atoms with Crippen molar-refractivity contribution < 1.29 is 23.5 Å². The van der Waals surface area contributed by atoms with Crippen LogP contribution >= 0.6 is 11.3 Å². The van der Waals surface area contributed by atoms with Crippen LogP contribution in [-0.2, 0) is 16.2 Å². The summed E-state index contributed by atoms with van der Waals surface area (Å²) in [6.45, 7) is 5.42. The number of aliphatic hydroxyl groups is 1. The van der Waals surface area contributed by atoms with Crippen molar-refractivity contribution in [3.05, 3.63) is 68.9 Å². The van der Waals surface area contributed by atoms with Crippen molar-refractivity contribution >= 4 is 23.0 Å². The van der Waals surface area contributed by atoms with Crippen LogP contribution in [0.3, 0.4) is 0 Å². The Morgan fingerprint density at radius 2 is 1.97 bits per heavy atom. The molecule has 2 unspecified atom stereocenters. The Labute approximate surface area is 211 Å². The number of halogens is 2. The minimum Gasteiger partial charge on any atom is -0.389 e. The highest BCUT2D eigenvalue weighted by atomic mass is 32.1. The first-order valence-corrected chi connectivity index (χ1v) is 12.8. The molecule has 1 fully saturated rings. The standard InChI is InChI=1S/C25H27F2N5O3S/c1-14-10-15(2)32(29-14)12-22(33)31-8-6-16(7-9-31)25-28-20(13-36-25)19-11-21(35-30-19)24(34)23-17(26)4-3-5-18(23)27/h3-5,10,13,16,21,24,34H,6-9,11-12H2,1-2H3. The molecule has 0 saturated carbocycles. The van der Waals surface area contributed by atoms with Gasteiger partial charge in [-0.05, 0) is 44.9 Å². The summed E-state index contributed by atoms with van der Waals surface area (Å²) < 4.78 is 29.9. The highest BCUT2D eigenvalue weighted by Gasteiger charge is 2.34. The Hall–Kier alpha value is -3.18. The molecule has 190 valence electrons. The summed E-state index contributed by atoms with van der Waals surface area (Å²) in [5.74, 6) is -1.35. The first-order valence-electron chi connectivity index (χ1n) is 11.9. The van der Waals surface area contributed by atoms with Gasteiger partial charge in [0.1, 0.15) is 30.0 Å². The van der Waals surface area contributed by atoms with E-state index in [4.69, 9.17) is 9.82 Å². The minimum absolute atomic E-state index is 0.0628.